The molecule has 0 atom stereocenters. The van der Waals surface area contributed by atoms with Crippen molar-refractivity contribution in [3.63, 3.8) is 0 Å². The Bertz CT molecular complexity index is 1390. The van der Waals surface area contributed by atoms with Gasteiger partial charge >= 0.3 is 0 Å². The number of hydrogen-bond acceptors (Lipinski definition) is 5. The van der Waals surface area contributed by atoms with Crippen molar-refractivity contribution < 1.29 is 0 Å². The number of aromatic nitrogens is 4. The number of aryl methyl sites for hydroxylation is 1. The second kappa shape index (κ2) is 7.95. The molecule has 3 N–H and O–H groups in total. The van der Waals surface area contributed by atoms with E-state index in [9.17, 15) is 10.1 Å². The van der Waals surface area contributed by atoms with Gasteiger partial charge in [-0.1, -0.05) is 29.8 Å². The summed E-state index contributed by atoms with van der Waals surface area (Å²) in [6.07, 6.45) is 3.50. The van der Waals surface area contributed by atoms with Crippen molar-refractivity contribution in [2.45, 2.75) is 6.54 Å². The molecule has 0 aliphatic rings. The van der Waals surface area contributed by atoms with E-state index < -0.39 is 0 Å². The first-order valence-corrected chi connectivity index (χ1v) is 9.51. The van der Waals surface area contributed by atoms with Crippen LogP contribution in [0.15, 0.2) is 53.5 Å². The summed E-state index contributed by atoms with van der Waals surface area (Å²) in [5, 5.41) is 22.3. The lowest BCUT2D eigenvalue weighted by Gasteiger charge is -2.07. The zero-order valence-electron chi connectivity index (χ0n) is 16.1. The number of allylic oxidation sites excluding steroid dienone is 1. The van der Waals surface area contributed by atoms with E-state index in [0.29, 0.717) is 27.1 Å². The molecule has 4 rings (SSSR count). The maximum atomic E-state index is 12.1. The van der Waals surface area contributed by atoms with E-state index in [0.717, 1.165) is 22.4 Å². The molecule has 0 unspecified atom stereocenters. The monoisotopic (exact) mass is 416 g/mol. The molecule has 8 heteroatoms. The Morgan fingerprint density at radius 2 is 2.13 bits per heavy atom. The molecule has 2 aromatic carbocycles. The number of rotatable bonds is 4. The summed E-state index contributed by atoms with van der Waals surface area (Å²) in [7, 11) is 1.81. The third-order valence-corrected chi connectivity index (χ3v) is 5.13. The number of benzene rings is 2. The Hall–Kier alpha value is -3.73. The number of nitrogens with one attached hydrogen (secondary N) is 1. The standard InChI is InChI=1S/C22H17ClN6O/c1-29-21(9-15(10-24)13-3-2-4-16(23)7-13)19(12-26-29)14-5-6-17-18(8-14)20(11-25)27-28-22(17)30/h2-9,12H,11,25H2,1H3,(H,28,30)/b15-9+. The highest BCUT2D eigenvalue weighted by Gasteiger charge is 2.14. The summed E-state index contributed by atoms with van der Waals surface area (Å²) in [6.45, 7) is 0.198. The Kier molecular flexibility index (Phi) is 5.19. The van der Waals surface area contributed by atoms with Crippen LogP contribution in [0.2, 0.25) is 5.02 Å². The Balaban J connectivity index is 1.89. The highest BCUT2D eigenvalue weighted by molar-refractivity contribution is 6.30. The van der Waals surface area contributed by atoms with Gasteiger partial charge in [0.1, 0.15) is 0 Å². The van der Waals surface area contributed by atoms with Gasteiger partial charge in [-0.05, 0) is 41.5 Å². The molecule has 0 aliphatic carbocycles. The molecule has 148 valence electrons. The number of aromatic amines is 1. The quantitative estimate of drug-likeness (QED) is 0.494. The van der Waals surface area contributed by atoms with Crippen LogP contribution in [0, 0.1) is 11.3 Å². The van der Waals surface area contributed by atoms with Crippen LogP contribution in [0.4, 0.5) is 0 Å². The van der Waals surface area contributed by atoms with Crippen LogP contribution in [0.5, 0.6) is 0 Å². The molecule has 0 saturated carbocycles. The summed E-state index contributed by atoms with van der Waals surface area (Å²) < 4.78 is 1.70. The molecule has 7 nitrogen and oxygen atoms in total. The molecule has 0 aliphatic heterocycles. The van der Waals surface area contributed by atoms with Crippen molar-refractivity contribution in [2.75, 3.05) is 0 Å². The number of H-pyrrole nitrogens is 1. The first-order valence-electron chi connectivity index (χ1n) is 9.13. The number of hydrogen-bond donors (Lipinski definition) is 2. The van der Waals surface area contributed by atoms with Crippen LogP contribution in [0.3, 0.4) is 0 Å². The second-order valence-electron chi connectivity index (χ2n) is 6.71. The predicted molar refractivity (Wildman–Crippen MR) is 117 cm³/mol. The van der Waals surface area contributed by atoms with Crippen molar-refractivity contribution in [1.82, 2.24) is 20.0 Å². The molecular weight excluding hydrogens is 400 g/mol. The Morgan fingerprint density at radius 1 is 1.30 bits per heavy atom. The van der Waals surface area contributed by atoms with E-state index in [2.05, 4.69) is 21.4 Å². The Morgan fingerprint density at radius 3 is 2.87 bits per heavy atom. The molecule has 0 spiro atoms. The van der Waals surface area contributed by atoms with Crippen LogP contribution < -0.4 is 11.3 Å². The van der Waals surface area contributed by atoms with Crippen molar-refractivity contribution >= 4 is 34.0 Å². The van der Waals surface area contributed by atoms with E-state index in [1.807, 2.05) is 18.2 Å². The lowest BCUT2D eigenvalue weighted by atomic mass is 9.99. The first kappa shape index (κ1) is 19.6. The summed E-state index contributed by atoms with van der Waals surface area (Å²) in [5.74, 6) is 0. The molecule has 0 fully saturated rings. The van der Waals surface area contributed by atoms with Gasteiger partial charge in [-0.15, -0.1) is 0 Å². The number of nitriles is 1. The minimum atomic E-state index is -0.271. The summed E-state index contributed by atoms with van der Waals surface area (Å²) >= 11 is 6.08. The lowest BCUT2D eigenvalue weighted by molar-refractivity contribution is 0.760. The van der Waals surface area contributed by atoms with Crippen LogP contribution in [-0.2, 0) is 13.6 Å². The summed E-state index contributed by atoms with van der Waals surface area (Å²) in [6, 6.07) is 14.8. The van der Waals surface area contributed by atoms with Crippen molar-refractivity contribution in [3.8, 4) is 17.2 Å². The van der Waals surface area contributed by atoms with Gasteiger partial charge in [0.2, 0.25) is 0 Å². The van der Waals surface area contributed by atoms with Gasteiger partial charge < -0.3 is 5.73 Å². The van der Waals surface area contributed by atoms with E-state index in [1.54, 1.807) is 48.3 Å². The topological polar surface area (TPSA) is 113 Å². The molecule has 4 aromatic rings. The lowest BCUT2D eigenvalue weighted by Crippen LogP contribution is -2.13. The highest BCUT2D eigenvalue weighted by Crippen LogP contribution is 2.30. The van der Waals surface area contributed by atoms with Crippen molar-refractivity contribution in [1.29, 1.82) is 5.26 Å². The summed E-state index contributed by atoms with van der Waals surface area (Å²) in [4.78, 5) is 12.1. The maximum Gasteiger partial charge on any atom is 0.272 e. The molecule has 0 radical (unpaired) electrons. The number of halogens is 1. The van der Waals surface area contributed by atoms with Gasteiger partial charge in [-0.3, -0.25) is 9.48 Å². The number of fused-ring (bicyclic) bond motifs is 1. The zero-order chi connectivity index (χ0) is 21.3. The minimum absolute atomic E-state index is 0.198. The molecule has 0 amide bonds. The SMILES string of the molecule is Cn1ncc(-c2ccc3c(=O)[nH]nc(CN)c3c2)c1/C=C(\C#N)c1cccc(Cl)c1. The third-order valence-electron chi connectivity index (χ3n) is 4.89. The van der Waals surface area contributed by atoms with Crippen molar-refractivity contribution in [2.24, 2.45) is 12.8 Å². The minimum Gasteiger partial charge on any atom is -0.325 e. The average Bonchev–Trinajstić information content (AvgIpc) is 3.12. The van der Waals surface area contributed by atoms with Crippen molar-refractivity contribution in [3.05, 3.63) is 81.0 Å². The van der Waals surface area contributed by atoms with E-state index >= 15 is 0 Å². The number of nitrogens with zero attached hydrogens (tertiary/aromatic N) is 4. The average molecular weight is 417 g/mol. The smallest absolute Gasteiger partial charge is 0.272 e. The van der Waals surface area contributed by atoms with Crippen LogP contribution >= 0.6 is 11.6 Å². The largest absolute Gasteiger partial charge is 0.325 e. The van der Waals surface area contributed by atoms with Crippen LogP contribution in [0.25, 0.3) is 33.5 Å². The van der Waals surface area contributed by atoms with Crippen LogP contribution in [0.1, 0.15) is 17.0 Å². The number of nitrogens with two attached hydrogens (primary N) is 1. The molecular formula is C22H17ClN6O. The fourth-order valence-electron chi connectivity index (χ4n) is 3.36. The molecule has 0 saturated heterocycles. The predicted octanol–water partition coefficient (Wildman–Crippen LogP) is 3.50. The second-order valence-corrected chi connectivity index (χ2v) is 7.15. The van der Waals surface area contributed by atoms with E-state index in [1.165, 1.54) is 0 Å². The highest BCUT2D eigenvalue weighted by atomic mass is 35.5. The summed E-state index contributed by atoms with van der Waals surface area (Å²) in [5.41, 5.74) is 9.71. The Labute approximate surface area is 177 Å². The first-order chi connectivity index (χ1) is 14.5. The van der Waals surface area contributed by atoms with Gasteiger partial charge in [0.25, 0.3) is 5.56 Å². The third kappa shape index (κ3) is 3.50. The molecule has 2 aromatic heterocycles. The van der Waals surface area contributed by atoms with Gasteiger partial charge in [-0.2, -0.15) is 15.5 Å². The van der Waals surface area contributed by atoms with Gasteiger partial charge in [0, 0.05) is 29.6 Å². The molecule has 30 heavy (non-hydrogen) atoms. The maximum absolute atomic E-state index is 12.1. The molecule has 2 heterocycles. The fourth-order valence-corrected chi connectivity index (χ4v) is 3.55. The normalized spacial score (nSPS) is 11.6. The fraction of sp³-hybridized carbons (Fsp3) is 0.0909. The van der Waals surface area contributed by atoms with Gasteiger partial charge in [0.05, 0.1) is 34.6 Å². The zero-order valence-corrected chi connectivity index (χ0v) is 16.8. The molecule has 0 bridgehead atoms. The van der Waals surface area contributed by atoms with E-state index in [4.69, 9.17) is 17.3 Å². The van der Waals surface area contributed by atoms with Gasteiger partial charge in [-0.25, -0.2) is 5.10 Å². The van der Waals surface area contributed by atoms with E-state index in [-0.39, 0.29) is 12.1 Å². The van der Waals surface area contributed by atoms with Gasteiger partial charge in [0.15, 0.2) is 0 Å². The van der Waals surface area contributed by atoms with Crippen LogP contribution in [-0.4, -0.2) is 20.0 Å².